The van der Waals surface area contributed by atoms with E-state index in [1.54, 1.807) is 42.5 Å². The van der Waals surface area contributed by atoms with Gasteiger partial charge in [0.25, 0.3) is 5.91 Å². The number of hydrogen-bond acceptors (Lipinski definition) is 4. The Kier molecular flexibility index (Phi) is 3.40. The van der Waals surface area contributed by atoms with Crippen LogP contribution in [0.3, 0.4) is 0 Å². The lowest BCUT2D eigenvalue weighted by Crippen LogP contribution is -2.40. The number of rotatable bonds is 2. The quantitative estimate of drug-likeness (QED) is 0.854. The Morgan fingerprint density at radius 1 is 1.04 bits per heavy atom. The summed E-state index contributed by atoms with van der Waals surface area (Å²) in [7, 11) is 0. The number of nitrogens with one attached hydrogen (secondary N) is 1. The SMILES string of the molecule is O=C1C[C@@]2(C=C(c3ccc(Cl)cc3)NO2)C(=O)N1c1ccccc1. The van der Waals surface area contributed by atoms with Gasteiger partial charge in [-0.1, -0.05) is 41.9 Å². The van der Waals surface area contributed by atoms with E-state index >= 15 is 0 Å². The first-order valence-electron chi connectivity index (χ1n) is 7.44. The molecular weight excluding hydrogens is 328 g/mol. The Morgan fingerprint density at radius 2 is 1.75 bits per heavy atom. The number of hydrogen-bond donors (Lipinski definition) is 1. The van der Waals surface area contributed by atoms with Gasteiger partial charge in [0.05, 0.1) is 17.8 Å². The second kappa shape index (κ2) is 5.47. The molecule has 2 aliphatic rings. The smallest absolute Gasteiger partial charge is 0.273 e. The van der Waals surface area contributed by atoms with Gasteiger partial charge in [-0.25, -0.2) is 4.90 Å². The summed E-state index contributed by atoms with van der Waals surface area (Å²) in [5.74, 6) is -0.684. The van der Waals surface area contributed by atoms with Gasteiger partial charge >= 0.3 is 0 Å². The summed E-state index contributed by atoms with van der Waals surface area (Å²) in [6, 6.07) is 16.0. The number of carbonyl (C=O) groups excluding carboxylic acids is 2. The van der Waals surface area contributed by atoms with E-state index in [9.17, 15) is 9.59 Å². The number of amides is 2. The number of anilines is 1. The van der Waals surface area contributed by atoms with Crippen molar-refractivity contribution in [3.8, 4) is 0 Å². The number of carbonyl (C=O) groups is 2. The molecule has 0 radical (unpaired) electrons. The summed E-state index contributed by atoms with van der Waals surface area (Å²) in [6.45, 7) is 0. The van der Waals surface area contributed by atoms with Gasteiger partial charge in [-0.15, -0.1) is 0 Å². The van der Waals surface area contributed by atoms with E-state index in [4.69, 9.17) is 16.4 Å². The van der Waals surface area contributed by atoms with Crippen LogP contribution in [0.5, 0.6) is 0 Å². The standard InChI is InChI=1S/C18H13ClN2O3/c19-13-8-6-12(7-9-13)15-10-18(24-20-15)11-16(22)21(17(18)23)14-4-2-1-3-5-14/h1-10,20H,11H2/t18-/m0/s1. The molecule has 6 heteroatoms. The highest BCUT2D eigenvalue weighted by Crippen LogP contribution is 2.37. The van der Waals surface area contributed by atoms with Crippen LogP contribution in [-0.2, 0) is 14.4 Å². The van der Waals surface area contributed by atoms with E-state index in [1.165, 1.54) is 4.90 Å². The molecule has 1 N–H and O–H groups in total. The first-order chi connectivity index (χ1) is 11.6. The maximum atomic E-state index is 12.8. The number of hydroxylamine groups is 1. The molecule has 0 saturated carbocycles. The van der Waals surface area contributed by atoms with Crippen LogP contribution in [0.4, 0.5) is 5.69 Å². The molecule has 5 nitrogen and oxygen atoms in total. The first-order valence-corrected chi connectivity index (χ1v) is 7.82. The second-order valence-electron chi connectivity index (χ2n) is 5.71. The lowest BCUT2D eigenvalue weighted by Gasteiger charge is -2.18. The average molecular weight is 341 g/mol. The molecule has 2 aromatic rings. The monoisotopic (exact) mass is 340 g/mol. The zero-order chi connectivity index (χ0) is 16.7. The summed E-state index contributed by atoms with van der Waals surface area (Å²) < 4.78 is 0. The zero-order valence-corrected chi connectivity index (χ0v) is 13.3. The zero-order valence-electron chi connectivity index (χ0n) is 12.5. The van der Waals surface area contributed by atoms with Gasteiger partial charge in [0.2, 0.25) is 11.5 Å². The van der Waals surface area contributed by atoms with E-state index in [2.05, 4.69) is 5.48 Å². The van der Waals surface area contributed by atoms with Gasteiger partial charge < -0.3 is 0 Å². The highest BCUT2D eigenvalue weighted by Gasteiger charge is 2.55. The van der Waals surface area contributed by atoms with Crippen molar-refractivity contribution in [3.63, 3.8) is 0 Å². The molecule has 120 valence electrons. The number of para-hydroxylation sites is 1. The third-order valence-electron chi connectivity index (χ3n) is 4.12. The molecule has 0 unspecified atom stereocenters. The Hall–Kier alpha value is -2.63. The summed E-state index contributed by atoms with van der Waals surface area (Å²) in [5.41, 5.74) is 3.48. The van der Waals surface area contributed by atoms with Crippen molar-refractivity contribution < 1.29 is 14.4 Å². The van der Waals surface area contributed by atoms with Gasteiger partial charge in [-0.3, -0.25) is 19.9 Å². The third kappa shape index (κ3) is 2.29. The average Bonchev–Trinajstić information content (AvgIpc) is 3.11. The number of halogens is 1. The molecule has 1 spiro atoms. The van der Waals surface area contributed by atoms with E-state index < -0.39 is 11.5 Å². The molecular formula is C18H13ClN2O3. The molecule has 1 fully saturated rings. The predicted molar refractivity (Wildman–Crippen MR) is 89.9 cm³/mol. The molecule has 2 amide bonds. The van der Waals surface area contributed by atoms with E-state index in [0.717, 1.165) is 5.56 Å². The molecule has 2 aromatic carbocycles. The van der Waals surface area contributed by atoms with Crippen molar-refractivity contribution >= 4 is 34.8 Å². The maximum Gasteiger partial charge on any atom is 0.273 e. The Labute approximate surface area is 143 Å². The molecule has 2 heterocycles. The van der Waals surface area contributed by atoms with Crippen LogP contribution in [-0.4, -0.2) is 17.4 Å². The van der Waals surface area contributed by atoms with Gasteiger partial charge in [-0.05, 0) is 35.9 Å². The molecule has 1 atom stereocenters. The Morgan fingerprint density at radius 3 is 2.46 bits per heavy atom. The normalized spacial score (nSPS) is 22.9. The topological polar surface area (TPSA) is 58.6 Å². The Balaban J connectivity index is 1.68. The molecule has 24 heavy (non-hydrogen) atoms. The van der Waals surface area contributed by atoms with Crippen molar-refractivity contribution in [1.82, 2.24) is 5.48 Å². The molecule has 2 aliphatic heterocycles. The third-order valence-corrected chi connectivity index (χ3v) is 4.37. The van der Waals surface area contributed by atoms with Crippen molar-refractivity contribution in [2.24, 2.45) is 0 Å². The minimum absolute atomic E-state index is 0.0369. The highest BCUT2D eigenvalue weighted by atomic mass is 35.5. The van der Waals surface area contributed by atoms with Crippen LogP contribution in [0.25, 0.3) is 5.70 Å². The fourth-order valence-electron chi connectivity index (χ4n) is 2.92. The van der Waals surface area contributed by atoms with Crippen LogP contribution in [0.2, 0.25) is 5.02 Å². The van der Waals surface area contributed by atoms with E-state index in [-0.39, 0.29) is 12.3 Å². The molecule has 0 aliphatic carbocycles. The van der Waals surface area contributed by atoms with Crippen LogP contribution in [0, 0.1) is 0 Å². The number of nitrogens with zero attached hydrogens (tertiary/aromatic N) is 1. The summed E-state index contributed by atoms with van der Waals surface area (Å²) in [6.07, 6.45) is 1.63. The first kappa shape index (κ1) is 14.9. The van der Waals surface area contributed by atoms with Crippen LogP contribution < -0.4 is 10.4 Å². The highest BCUT2D eigenvalue weighted by molar-refractivity contribution is 6.30. The predicted octanol–water partition coefficient (Wildman–Crippen LogP) is 2.92. The fraction of sp³-hybridized carbons (Fsp3) is 0.111. The van der Waals surface area contributed by atoms with Crippen molar-refractivity contribution in [2.45, 2.75) is 12.0 Å². The fourth-order valence-corrected chi connectivity index (χ4v) is 3.05. The lowest BCUT2D eigenvalue weighted by molar-refractivity contribution is -0.136. The van der Waals surface area contributed by atoms with Crippen molar-refractivity contribution in [1.29, 1.82) is 0 Å². The molecule has 0 aromatic heterocycles. The summed E-state index contributed by atoms with van der Waals surface area (Å²) in [4.78, 5) is 31.9. The summed E-state index contributed by atoms with van der Waals surface area (Å²) >= 11 is 5.89. The van der Waals surface area contributed by atoms with Crippen molar-refractivity contribution in [3.05, 3.63) is 71.3 Å². The lowest BCUT2D eigenvalue weighted by atomic mass is 9.99. The maximum absolute atomic E-state index is 12.8. The van der Waals surface area contributed by atoms with Gasteiger partial charge in [0, 0.05) is 5.02 Å². The van der Waals surface area contributed by atoms with Gasteiger partial charge in [0.15, 0.2) is 0 Å². The minimum Gasteiger partial charge on any atom is -0.274 e. The van der Waals surface area contributed by atoms with Crippen LogP contribution >= 0.6 is 11.6 Å². The number of imide groups is 1. The largest absolute Gasteiger partial charge is 0.274 e. The van der Waals surface area contributed by atoms with Crippen LogP contribution in [0.1, 0.15) is 12.0 Å². The van der Waals surface area contributed by atoms with Crippen LogP contribution in [0.15, 0.2) is 60.7 Å². The minimum atomic E-state index is -1.30. The summed E-state index contributed by atoms with van der Waals surface area (Å²) in [5, 5.41) is 0.621. The molecule has 0 bridgehead atoms. The van der Waals surface area contributed by atoms with E-state index in [0.29, 0.717) is 16.4 Å². The van der Waals surface area contributed by atoms with Gasteiger partial charge in [-0.2, -0.15) is 0 Å². The molecule has 4 rings (SSSR count). The van der Waals surface area contributed by atoms with Gasteiger partial charge in [0.1, 0.15) is 0 Å². The molecule has 1 saturated heterocycles. The van der Waals surface area contributed by atoms with Crippen molar-refractivity contribution in [2.75, 3.05) is 4.90 Å². The van der Waals surface area contributed by atoms with E-state index in [1.807, 2.05) is 18.2 Å². The second-order valence-corrected chi connectivity index (χ2v) is 6.14. The number of benzene rings is 2. The Bertz CT molecular complexity index is 848.